The maximum atomic E-state index is 13.1. The number of rotatable bonds is 6. The van der Waals surface area contributed by atoms with Gasteiger partial charge in [-0.05, 0) is 36.2 Å². The van der Waals surface area contributed by atoms with Crippen molar-refractivity contribution in [1.29, 1.82) is 0 Å². The number of anilines is 1. The van der Waals surface area contributed by atoms with Gasteiger partial charge in [0.05, 0.1) is 0 Å². The van der Waals surface area contributed by atoms with E-state index in [9.17, 15) is 9.18 Å². The van der Waals surface area contributed by atoms with Gasteiger partial charge in [0, 0.05) is 30.8 Å². The number of nitrogens with zero attached hydrogens (tertiary/aromatic N) is 4. The summed E-state index contributed by atoms with van der Waals surface area (Å²) >= 11 is 0. The van der Waals surface area contributed by atoms with Gasteiger partial charge in [0.25, 0.3) is 5.89 Å². The number of pyridine rings is 1. The van der Waals surface area contributed by atoms with Gasteiger partial charge in [0.2, 0.25) is 5.91 Å². The first-order valence-corrected chi connectivity index (χ1v) is 9.59. The molecule has 0 saturated carbocycles. The SMILES string of the molecule is CC(C)c1noc(-c2ccnc(NC3CCN(Cc4ccc(F)cc4)C3=O)c2)n1. The van der Waals surface area contributed by atoms with Crippen LogP contribution in [-0.4, -0.2) is 38.5 Å². The summed E-state index contributed by atoms with van der Waals surface area (Å²) in [6.45, 7) is 5.09. The van der Waals surface area contributed by atoms with Crippen LogP contribution in [0, 0.1) is 5.82 Å². The highest BCUT2D eigenvalue weighted by atomic mass is 19.1. The Hall–Kier alpha value is -3.29. The molecule has 0 spiro atoms. The summed E-state index contributed by atoms with van der Waals surface area (Å²) in [7, 11) is 0. The van der Waals surface area contributed by atoms with Gasteiger partial charge < -0.3 is 14.7 Å². The number of amides is 1. The van der Waals surface area contributed by atoms with Crippen LogP contribution in [0.25, 0.3) is 11.5 Å². The van der Waals surface area contributed by atoms with E-state index < -0.39 is 0 Å². The molecule has 3 aromatic rings. The van der Waals surface area contributed by atoms with Crippen molar-refractivity contribution in [3.8, 4) is 11.5 Å². The summed E-state index contributed by atoms with van der Waals surface area (Å²) in [6, 6.07) is 9.45. The fourth-order valence-corrected chi connectivity index (χ4v) is 3.25. The quantitative estimate of drug-likeness (QED) is 0.686. The average Bonchev–Trinajstić information content (AvgIpc) is 3.33. The van der Waals surface area contributed by atoms with Gasteiger partial charge in [-0.25, -0.2) is 9.37 Å². The van der Waals surface area contributed by atoms with Crippen molar-refractivity contribution in [2.45, 2.75) is 38.8 Å². The van der Waals surface area contributed by atoms with E-state index in [0.717, 1.165) is 11.1 Å². The van der Waals surface area contributed by atoms with Crippen LogP contribution in [-0.2, 0) is 11.3 Å². The molecule has 1 amide bonds. The predicted octanol–water partition coefficient (Wildman–Crippen LogP) is 3.61. The molecule has 1 saturated heterocycles. The summed E-state index contributed by atoms with van der Waals surface area (Å²) in [5.74, 6) is 1.54. The smallest absolute Gasteiger partial charge is 0.258 e. The van der Waals surface area contributed by atoms with Gasteiger partial charge in [0.1, 0.15) is 17.7 Å². The fraction of sp³-hybridized carbons (Fsp3) is 0.333. The minimum absolute atomic E-state index is 0.00131. The van der Waals surface area contributed by atoms with E-state index in [1.165, 1.54) is 12.1 Å². The van der Waals surface area contributed by atoms with Crippen molar-refractivity contribution >= 4 is 11.7 Å². The Balaban J connectivity index is 1.42. The van der Waals surface area contributed by atoms with Gasteiger partial charge in [-0.1, -0.05) is 31.1 Å². The molecule has 1 aliphatic rings. The number of likely N-dealkylation sites (tertiary alicyclic amines) is 1. The molecule has 29 heavy (non-hydrogen) atoms. The Kier molecular flexibility index (Phi) is 5.24. The van der Waals surface area contributed by atoms with E-state index >= 15 is 0 Å². The van der Waals surface area contributed by atoms with Crippen LogP contribution >= 0.6 is 0 Å². The van der Waals surface area contributed by atoms with Crippen molar-refractivity contribution < 1.29 is 13.7 Å². The number of benzene rings is 1. The summed E-state index contributed by atoms with van der Waals surface area (Å²) in [4.78, 5) is 23.2. The Morgan fingerprint density at radius 2 is 2.07 bits per heavy atom. The molecule has 1 N–H and O–H groups in total. The third-order valence-electron chi connectivity index (χ3n) is 4.87. The minimum atomic E-state index is -0.355. The second-order valence-corrected chi connectivity index (χ2v) is 7.41. The highest BCUT2D eigenvalue weighted by Crippen LogP contribution is 2.24. The molecule has 0 aliphatic carbocycles. The van der Waals surface area contributed by atoms with Crippen molar-refractivity contribution in [2.75, 3.05) is 11.9 Å². The van der Waals surface area contributed by atoms with Crippen LogP contribution in [0.4, 0.5) is 10.2 Å². The second kappa shape index (κ2) is 7.98. The first kappa shape index (κ1) is 19.0. The molecule has 1 atom stereocenters. The molecule has 150 valence electrons. The zero-order valence-corrected chi connectivity index (χ0v) is 16.3. The van der Waals surface area contributed by atoms with Crippen LogP contribution in [0.3, 0.4) is 0 Å². The first-order chi connectivity index (χ1) is 14.0. The average molecular weight is 395 g/mol. The molecular weight excluding hydrogens is 373 g/mol. The second-order valence-electron chi connectivity index (χ2n) is 7.41. The van der Waals surface area contributed by atoms with E-state index in [1.54, 1.807) is 35.4 Å². The van der Waals surface area contributed by atoms with Gasteiger partial charge in [-0.2, -0.15) is 4.98 Å². The molecule has 4 rings (SSSR count). The molecule has 1 fully saturated rings. The molecule has 2 aromatic heterocycles. The minimum Gasteiger partial charge on any atom is -0.358 e. The number of carbonyl (C=O) groups is 1. The van der Waals surface area contributed by atoms with Crippen LogP contribution < -0.4 is 5.32 Å². The van der Waals surface area contributed by atoms with E-state index in [1.807, 2.05) is 13.8 Å². The maximum absolute atomic E-state index is 13.1. The number of carbonyl (C=O) groups excluding carboxylic acids is 1. The van der Waals surface area contributed by atoms with Crippen molar-refractivity contribution in [3.63, 3.8) is 0 Å². The first-order valence-electron chi connectivity index (χ1n) is 9.59. The van der Waals surface area contributed by atoms with E-state index in [2.05, 4.69) is 20.4 Å². The lowest BCUT2D eigenvalue weighted by atomic mass is 10.2. The monoisotopic (exact) mass is 395 g/mol. The molecule has 3 heterocycles. The number of halogens is 1. The number of hydrogen-bond acceptors (Lipinski definition) is 6. The van der Waals surface area contributed by atoms with Gasteiger partial charge in [-0.3, -0.25) is 4.79 Å². The highest BCUT2D eigenvalue weighted by molar-refractivity contribution is 5.86. The number of aromatic nitrogens is 3. The van der Waals surface area contributed by atoms with Crippen molar-refractivity contribution in [3.05, 3.63) is 59.8 Å². The summed E-state index contributed by atoms with van der Waals surface area (Å²) in [5.41, 5.74) is 1.65. The zero-order valence-electron chi connectivity index (χ0n) is 16.3. The third kappa shape index (κ3) is 4.26. The molecule has 0 radical (unpaired) electrons. The molecule has 0 bridgehead atoms. The van der Waals surface area contributed by atoms with Gasteiger partial charge in [-0.15, -0.1) is 0 Å². The standard InChI is InChI=1S/C21H22FN5O2/c1-13(2)19-25-20(29-26-19)15-7-9-23-18(11-15)24-17-8-10-27(21(17)28)12-14-3-5-16(22)6-4-14/h3-7,9,11,13,17H,8,10,12H2,1-2H3,(H,23,24). The Morgan fingerprint density at radius 1 is 1.28 bits per heavy atom. The summed E-state index contributed by atoms with van der Waals surface area (Å²) in [5, 5.41) is 7.18. The molecule has 1 unspecified atom stereocenters. The highest BCUT2D eigenvalue weighted by Gasteiger charge is 2.31. The molecule has 1 aliphatic heterocycles. The van der Waals surface area contributed by atoms with E-state index in [4.69, 9.17) is 4.52 Å². The van der Waals surface area contributed by atoms with Gasteiger partial charge >= 0.3 is 0 Å². The van der Waals surface area contributed by atoms with Crippen LogP contribution in [0.15, 0.2) is 47.1 Å². The largest absolute Gasteiger partial charge is 0.358 e. The van der Waals surface area contributed by atoms with Crippen LogP contribution in [0.5, 0.6) is 0 Å². The zero-order chi connectivity index (χ0) is 20.4. The van der Waals surface area contributed by atoms with Crippen LogP contribution in [0.1, 0.15) is 37.6 Å². The molecule has 7 nitrogen and oxygen atoms in total. The Morgan fingerprint density at radius 3 is 2.79 bits per heavy atom. The summed E-state index contributed by atoms with van der Waals surface area (Å²) in [6.07, 6.45) is 2.32. The van der Waals surface area contributed by atoms with E-state index in [0.29, 0.717) is 37.0 Å². The number of hydrogen-bond donors (Lipinski definition) is 1. The van der Waals surface area contributed by atoms with E-state index in [-0.39, 0.29) is 23.7 Å². The predicted molar refractivity (Wildman–Crippen MR) is 105 cm³/mol. The number of nitrogens with one attached hydrogen (secondary N) is 1. The lowest BCUT2D eigenvalue weighted by molar-refractivity contribution is -0.128. The topological polar surface area (TPSA) is 84.2 Å². The Labute approximate surface area is 168 Å². The molecular formula is C21H22FN5O2. The summed E-state index contributed by atoms with van der Waals surface area (Å²) < 4.78 is 18.4. The molecule has 1 aromatic carbocycles. The van der Waals surface area contributed by atoms with Crippen molar-refractivity contribution in [2.24, 2.45) is 0 Å². The third-order valence-corrected chi connectivity index (χ3v) is 4.87. The lowest BCUT2D eigenvalue weighted by Crippen LogP contribution is -2.33. The van der Waals surface area contributed by atoms with Gasteiger partial charge in [0.15, 0.2) is 5.82 Å². The maximum Gasteiger partial charge on any atom is 0.258 e. The normalized spacial score (nSPS) is 16.6. The van der Waals surface area contributed by atoms with Crippen LogP contribution in [0.2, 0.25) is 0 Å². The molecule has 8 heteroatoms. The fourth-order valence-electron chi connectivity index (χ4n) is 3.25. The Bertz CT molecular complexity index is 1000. The van der Waals surface area contributed by atoms with Crippen molar-refractivity contribution in [1.82, 2.24) is 20.0 Å². The lowest BCUT2D eigenvalue weighted by Gasteiger charge is -2.17.